The van der Waals surface area contributed by atoms with Gasteiger partial charge in [0.05, 0.1) is 24.5 Å². The van der Waals surface area contributed by atoms with Gasteiger partial charge in [0.25, 0.3) is 5.91 Å². The van der Waals surface area contributed by atoms with E-state index in [2.05, 4.69) is 28.5 Å². The second-order valence-corrected chi connectivity index (χ2v) is 7.50. The Bertz CT molecular complexity index is 1030. The van der Waals surface area contributed by atoms with Crippen molar-refractivity contribution in [1.29, 1.82) is 0 Å². The lowest BCUT2D eigenvalue weighted by Gasteiger charge is -2.41. The number of carbonyl (C=O) groups is 1. The van der Waals surface area contributed by atoms with Crippen LogP contribution in [0.5, 0.6) is 0 Å². The zero-order valence-electron chi connectivity index (χ0n) is 15.8. The van der Waals surface area contributed by atoms with Gasteiger partial charge in [-0.05, 0) is 43.0 Å². The average molecular weight is 374 g/mol. The number of aryl methyl sites for hydroxylation is 1. The smallest absolute Gasteiger partial charge is 0.276 e. The molecular weight excluding hydrogens is 352 g/mol. The molecule has 1 aromatic heterocycles. The first-order chi connectivity index (χ1) is 13.7. The number of benzene rings is 2. The predicted molar refractivity (Wildman–Crippen MR) is 104 cm³/mol. The van der Waals surface area contributed by atoms with Gasteiger partial charge < -0.3 is 9.64 Å². The molecule has 1 amide bonds. The molecule has 1 aliphatic heterocycles. The van der Waals surface area contributed by atoms with Gasteiger partial charge in [-0.15, -0.1) is 5.10 Å². The van der Waals surface area contributed by atoms with E-state index >= 15 is 0 Å². The quantitative estimate of drug-likeness (QED) is 0.692. The molecule has 1 atom stereocenters. The topological polar surface area (TPSA) is 60.3 Å². The Hall–Kier alpha value is -2.99. The maximum atomic E-state index is 13.3. The minimum atomic E-state index is -0.395. The van der Waals surface area contributed by atoms with E-state index in [4.69, 9.17) is 4.74 Å². The molecule has 142 valence electrons. The third-order valence-corrected chi connectivity index (χ3v) is 5.88. The van der Waals surface area contributed by atoms with Crippen LogP contribution in [0.25, 0.3) is 5.69 Å². The van der Waals surface area contributed by atoms with Gasteiger partial charge in [0.1, 0.15) is 5.60 Å². The second kappa shape index (κ2) is 6.56. The molecule has 0 N–H and O–H groups in total. The Morgan fingerprint density at radius 1 is 1.11 bits per heavy atom. The largest absolute Gasteiger partial charge is 0.367 e. The fraction of sp³-hybridized carbons (Fsp3) is 0.318. The van der Waals surface area contributed by atoms with Gasteiger partial charge in [-0.25, -0.2) is 4.68 Å². The molecule has 0 saturated carbocycles. The molecule has 6 heteroatoms. The lowest BCUT2D eigenvalue weighted by atomic mass is 9.93. The first-order valence-electron chi connectivity index (χ1n) is 9.67. The Morgan fingerprint density at radius 3 is 2.75 bits per heavy atom. The van der Waals surface area contributed by atoms with E-state index < -0.39 is 5.60 Å². The van der Waals surface area contributed by atoms with E-state index in [0.717, 1.165) is 24.2 Å². The zero-order valence-corrected chi connectivity index (χ0v) is 15.8. The summed E-state index contributed by atoms with van der Waals surface area (Å²) in [5.74, 6) is -0.0771. The van der Waals surface area contributed by atoms with Gasteiger partial charge in [0.2, 0.25) is 0 Å². The summed E-state index contributed by atoms with van der Waals surface area (Å²) in [6.45, 7) is 3.55. The van der Waals surface area contributed by atoms with Crippen molar-refractivity contribution < 1.29 is 9.53 Å². The standard InChI is InChI=1S/C22H22N4O2/c1-16-20(23-24-26(16)18-8-3-2-4-9-18)21(27)25-13-14-28-22(15-25)12-11-17-7-5-6-10-19(17)22/h2-10H,11-15H2,1H3. The highest BCUT2D eigenvalue weighted by Crippen LogP contribution is 2.42. The minimum Gasteiger partial charge on any atom is -0.367 e. The molecule has 2 aliphatic rings. The summed E-state index contributed by atoms with van der Waals surface area (Å²) in [6, 6.07) is 18.2. The van der Waals surface area contributed by atoms with Crippen molar-refractivity contribution in [2.24, 2.45) is 0 Å². The summed E-state index contributed by atoms with van der Waals surface area (Å²) >= 11 is 0. The summed E-state index contributed by atoms with van der Waals surface area (Å²) in [5.41, 5.74) is 4.21. The SMILES string of the molecule is Cc1c(C(=O)N2CCOC3(CCc4ccccc43)C2)nnn1-c1ccccc1. The third-order valence-electron chi connectivity index (χ3n) is 5.88. The molecule has 2 aromatic carbocycles. The molecule has 5 rings (SSSR count). The molecule has 6 nitrogen and oxygen atoms in total. The molecule has 1 unspecified atom stereocenters. The van der Waals surface area contributed by atoms with Crippen molar-refractivity contribution >= 4 is 5.91 Å². The number of fused-ring (bicyclic) bond motifs is 2. The number of para-hydroxylation sites is 1. The van der Waals surface area contributed by atoms with Gasteiger partial charge in [0.15, 0.2) is 5.69 Å². The van der Waals surface area contributed by atoms with Gasteiger partial charge in [-0.3, -0.25) is 4.79 Å². The predicted octanol–water partition coefficient (Wildman–Crippen LogP) is 2.89. The molecular formula is C22H22N4O2. The fourth-order valence-electron chi connectivity index (χ4n) is 4.42. The van der Waals surface area contributed by atoms with E-state index in [9.17, 15) is 4.79 Å². The van der Waals surface area contributed by atoms with Crippen LogP contribution in [-0.2, 0) is 16.8 Å². The monoisotopic (exact) mass is 374 g/mol. The number of rotatable bonds is 2. The maximum absolute atomic E-state index is 13.3. The zero-order chi connectivity index (χ0) is 19.1. The Labute approximate surface area is 163 Å². The van der Waals surface area contributed by atoms with E-state index in [1.807, 2.05) is 48.2 Å². The normalized spacial score (nSPS) is 21.1. The van der Waals surface area contributed by atoms with E-state index in [0.29, 0.717) is 25.4 Å². The van der Waals surface area contributed by atoms with Crippen molar-refractivity contribution in [2.45, 2.75) is 25.4 Å². The van der Waals surface area contributed by atoms with Gasteiger partial charge in [-0.1, -0.05) is 47.7 Å². The van der Waals surface area contributed by atoms with E-state index in [1.54, 1.807) is 4.68 Å². The Kier molecular flexibility index (Phi) is 4.02. The summed E-state index contributed by atoms with van der Waals surface area (Å²) in [5, 5.41) is 8.42. The highest BCUT2D eigenvalue weighted by molar-refractivity contribution is 5.93. The summed E-state index contributed by atoms with van der Waals surface area (Å²) in [4.78, 5) is 15.1. The van der Waals surface area contributed by atoms with Crippen LogP contribution in [0.2, 0.25) is 0 Å². The molecule has 0 bridgehead atoms. The van der Waals surface area contributed by atoms with Crippen LogP contribution in [-0.4, -0.2) is 45.5 Å². The molecule has 2 heterocycles. The lowest BCUT2D eigenvalue weighted by molar-refractivity contribution is -0.104. The van der Waals surface area contributed by atoms with Crippen molar-refractivity contribution in [1.82, 2.24) is 19.9 Å². The first-order valence-corrected chi connectivity index (χ1v) is 9.67. The molecule has 1 saturated heterocycles. The van der Waals surface area contributed by atoms with Crippen molar-refractivity contribution in [3.8, 4) is 5.69 Å². The number of morpholine rings is 1. The molecule has 1 spiro atoms. The van der Waals surface area contributed by atoms with Gasteiger partial charge in [0, 0.05) is 6.54 Å². The number of hydrogen-bond donors (Lipinski definition) is 0. The van der Waals surface area contributed by atoms with Gasteiger partial charge >= 0.3 is 0 Å². The summed E-state index contributed by atoms with van der Waals surface area (Å²) < 4.78 is 7.96. The Balaban J connectivity index is 1.43. The average Bonchev–Trinajstić information content (AvgIpc) is 3.30. The number of amides is 1. The highest BCUT2D eigenvalue weighted by Gasteiger charge is 2.44. The number of nitrogens with zero attached hydrogens (tertiary/aromatic N) is 4. The highest BCUT2D eigenvalue weighted by atomic mass is 16.5. The van der Waals surface area contributed by atoms with E-state index in [-0.39, 0.29) is 5.91 Å². The molecule has 3 aromatic rings. The number of hydrogen-bond acceptors (Lipinski definition) is 4. The van der Waals surface area contributed by atoms with Crippen LogP contribution in [0.4, 0.5) is 0 Å². The van der Waals surface area contributed by atoms with Crippen molar-refractivity contribution in [2.75, 3.05) is 19.7 Å². The van der Waals surface area contributed by atoms with Gasteiger partial charge in [-0.2, -0.15) is 0 Å². The molecule has 0 radical (unpaired) electrons. The summed E-state index contributed by atoms with van der Waals surface area (Å²) in [6.07, 6.45) is 1.90. The van der Waals surface area contributed by atoms with E-state index in [1.165, 1.54) is 11.1 Å². The maximum Gasteiger partial charge on any atom is 0.276 e. The number of carbonyl (C=O) groups excluding carboxylic acids is 1. The minimum absolute atomic E-state index is 0.0771. The second-order valence-electron chi connectivity index (χ2n) is 7.50. The lowest BCUT2D eigenvalue weighted by Crippen LogP contribution is -2.51. The molecule has 1 fully saturated rings. The first kappa shape index (κ1) is 17.1. The molecule has 28 heavy (non-hydrogen) atoms. The van der Waals surface area contributed by atoms with Crippen molar-refractivity contribution in [3.63, 3.8) is 0 Å². The summed E-state index contributed by atoms with van der Waals surface area (Å²) in [7, 11) is 0. The van der Waals surface area contributed by atoms with Crippen LogP contribution < -0.4 is 0 Å². The number of aromatic nitrogens is 3. The van der Waals surface area contributed by atoms with Crippen LogP contribution >= 0.6 is 0 Å². The molecule has 1 aliphatic carbocycles. The Morgan fingerprint density at radius 2 is 1.89 bits per heavy atom. The van der Waals surface area contributed by atoms with Crippen LogP contribution in [0.15, 0.2) is 54.6 Å². The van der Waals surface area contributed by atoms with Crippen molar-refractivity contribution in [3.05, 3.63) is 77.1 Å². The number of ether oxygens (including phenoxy) is 1. The fourth-order valence-corrected chi connectivity index (χ4v) is 4.42. The third kappa shape index (κ3) is 2.64. The van der Waals surface area contributed by atoms with Crippen LogP contribution in [0, 0.1) is 6.92 Å². The van der Waals surface area contributed by atoms with Crippen LogP contribution in [0.3, 0.4) is 0 Å². The van der Waals surface area contributed by atoms with Crippen LogP contribution in [0.1, 0.15) is 33.7 Å².